The summed E-state index contributed by atoms with van der Waals surface area (Å²) in [6, 6.07) is 16.4. The second kappa shape index (κ2) is 9.97. The number of Topliss-reactive ketones (excluding diaryl/α,β-unsaturated/α-hetero) is 1. The lowest BCUT2D eigenvalue weighted by atomic mass is 10.0. The molecule has 2 N–H and O–H groups in total. The molecule has 0 unspecified atom stereocenters. The van der Waals surface area contributed by atoms with Crippen LogP contribution < -0.4 is 10.1 Å². The maximum absolute atomic E-state index is 13.2. The number of carbonyl (C=O) groups is 3. The van der Waals surface area contributed by atoms with Crippen molar-refractivity contribution in [3.05, 3.63) is 88.9 Å². The highest BCUT2D eigenvalue weighted by Crippen LogP contribution is 2.22. The Hall–Kier alpha value is -4.33. The number of nitrogens with zero attached hydrogens (tertiary/aromatic N) is 2. The first-order chi connectivity index (χ1) is 17.9. The smallest absolute Gasteiger partial charge is 0.325 e. The molecular formula is C29H30N4O4. The Morgan fingerprint density at radius 3 is 2.57 bits per heavy atom. The predicted molar refractivity (Wildman–Crippen MR) is 141 cm³/mol. The molecule has 8 heteroatoms. The van der Waals surface area contributed by atoms with Crippen LogP contribution >= 0.6 is 0 Å². The number of methoxy groups -OCH3 is 1. The molecule has 1 saturated heterocycles. The SMILES string of the molecule is COc1ccc(CCn2c(C)cc(C(=O)CN3C(=O)N[C@@H](Cc4c[nH]c5ccccc45)C3=O)c2C)cc1. The number of aryl methyl sites for hydroxylation is 2. The zero-order chi connectivity index (χ0) is 26.1. The minimum Gasteiger partial charge on any atom is -0.497 e. The van der Waals surface area contributed by atoms with E-state index in [4.69, 9.17) is 4.74 Å². The molecule has 1 aliphatic rings. The number of rotatable bonds is 9. The van der Waals surface area contributed by atoms with Crippen LogP contribution in [0.2, 0.25) is 0 Å². The molecule has 2 aromatic carbocycles. The summed E-state index contributed by atoms with van der Waals surface area (Å²) in [5.41, 5.74) is 5.42. The van der Waals surface area contributed by atoms with Gasteiger partial charge in [0.25, 0.3) is 5.91 Å². The number of para-hydroxylation sites is 1. The third-order valence-corrected chi connectivity index (χ3v) is 7.16. The van der Waals surface area contributed by atoms with Crippen LogP contribution in [0.25, 0.3) is 10.9 Å². The number of carbonyl (C=O) groups excluding carboxylic acids is 3. The van der Waals surface area contributed by atoms with E-state index in [1.165, 1.54) is 5.56 Å². The molecule has 2 aromatic heterocycles. The monoisotopic (exact) mass is 498 g/mol. The number of hydrogen-bond acceptors (Lipinski definition) is 4. The van der Waals surface area contributed by atoms with Crippen molar-refractivity contribution in [2.45, 2.75) is 39.3 Å². The Bertz CT molecular complexity index is 1480. The van der Waals surface area contributed by atoms with Crippen molar-refractivity contribution in [1.29, 1.82) is 0 Å². The summed E-state index contributed by atoms with van der Waals surface area (Å²) < 4.78 is 7.32. The number of benzene rings is 2. The molecule has 1 fully saturated rings. The van der Waals surface area contributed by atoms with Gasteiger partial charge in [0.2, 0.25) is 0 Å². The molecule has 0 bridgehead atoms. The van der Waals surface area contributed by atoms with E-state index < -0.39 is 12.1 Å². The summed E-state index contributed by atoms with van der Waals surface area (Å²) in [5, 5.41) is 3.76. The van der Waals surface area contributed by atoms with Gasteiger partial charge in [-0.05, 0) is 55.7 Å². The molecule has 8 nitrogen and oxygen atoms in total. The number of amides is 3. The number of aromatic nitrogens is 2. The van der Waals surface area contributed by atoms with E-state index in [0.717, 1.165) is 44.9 Å². The Morgan fingerprint density at radius 2 is 1.81 bits per heavy atom. The van der Waals surface area contributed by atoms with E-state index >= 15 is 0 Å². The van der Waals surface area contributed by atoms with Crippen molar-refractivity contribution in [3.63, 3.8) is 0 Å². The molecule has 3 heterocycles. The molecule has 1 aliphatic heterocycles. The quantitative estimate of drug-likeness (QED) is 0.267. The van der Waals surface area contributed by atoms with Gasteiger partial charge >= 0.3 is 6.03 Å². The molecule has 1 atom stereocenters. The van der Waals surface area contributed by atoms with Crippen LogP contribution in [0.4, 0.5) is 4.79 Å². The molecule has 190 valence electrons. The summed E-state index contributed by atoms with van der Waals surface area (Å²) in [4.78, 5) is 43.2. The van der Waals surface area contributed by atoms with Gasteiger partial charge < -0.3 is 19.6 Å². The first-order valence-corrected chi connectivity index (χ1v) is 12.4. The van der Waals surface area contributed by atoms with Gasteiger partial charge in [-0.2, -0.15) is 0 Å². The van der Waals surface area contributed by atoms with Gasteiger partial charge in [-0.15, -0.1) is 0 Å². The lowest BCUT2D eigenvalue weighted by Gasteiger charge is -2.13. The molecule has 3 amide bonds. The van der Waals surface area contributed by atoms with Gasteiger partial charge in [0, 0.05) is 47.0 Å². The van der Waals surface area contributed by atoms with E-state index in [1.54, 1.807) is 7.11 Å². The lowest BCUT2D eigenvalue weighted by molar-refractivity contribution is -0.127. The van der Waals surface area contributed by atoms with E-state index in [1.807, 2.05) is 74.6 Å². The number of H-pyrrole nitrogens is 1. The van der Waals surface area contributed by atoms with Crippen molar-refractivity contribution in [2.24, 2.45) is 0 Å². The lowest BCUT2D eigenvalue weighted by Crippen LogP contribution is -2.36. The Labute approximate surface area is 215 Å². The van der Waals surface area contributed by atoms with E-state index in [-0.39, 0.29) is 18.2 Å². The fourth-order valence-corrected chi connectivity index (χ4v) is 5.07. The Kier molecular flexibility index (Phi) is 6.56. The van der Waals surface area contributed by atoms with Crippen molar-refractivity contribution in [1.82, 2.24) is 19.8 Å². The number of hydrogen-bond donors (Lipinski definition) is 2. The number of ketones is 1. The van der Waals surface area contributed by atoms with Crippen LogP contribution in [0.5, 0.6) is 5.75 Å². The number of fused-ring (bicyclic) bond motifs is 1. The summed E-state index contributed by atoms with van der Waals surface area (Å²) in [6.45, 7) is 4.30. The number of imide groups is 1. The number of aromatic amines is 1. The maximum atomic E-state index is 13.2. The van der Waals surface area contributed by atoms with Crippen LogP contribution in [0, 0.1) is 13.8 Å². The first kappa shape index (κ1) is 24.4. The molecule has 0 spiro atoms. The number of urea groups is 1. The molecule has 0 saturated carbocycles. The predicted octanol–water partition coefficient (Wildman–Crippen LogP) is 4.18. The Balaban J connectivity index is 1.25. The third kappa shape index (κ3) is 4.74. The maximum Gasteiger partial charge on any atom is 0.325 e. The topological polar surface area (TPSA) is 96.4 Å². The van der Waals surface area contributed by atoms with Gasteiger partial charge in [-0.25, -0.2) is 4.79 Å². The molecule has 4 aromatic rings. The van der Waals surface area contributed by atoms with E-state index in [0.29, 0.717) is 18.5 Å². The van der Waals surface area contributed by atoms with Crippen molar-refractivity contribution in [3.8, 4) is 5.75 Å². The number of ether oxygens (including phenoxy) is 1. The summed E-state index contributed by atoms with van der Waals surface area (Å²) in [5.74, 6) is 0.186. The highest BCUT2D eigenvalue weighted by molar-refractivity contribution is 6.09. The average Bonchev–Trinajstić information content (AvgIpc) is 3.53. The van der Waals surface area contributed by atoms with Crippen LogP contribution in [-0.2, 0) is 24.2 Å². The van der Waals surface area contributed by atoms with Crippen molar-refractivity contribution in [2.75, 3.05) is 13.7 Å². The zero-order valence-corrected chi connectivity index (χ0v) is 21.2. The average molecular weight is 499 g/mol. The molecular weight excluding hydrogens is 468 g/mol. The summed E-state index contributed by atoms with van der Waals surface area (Å²) in [6.07, 6.45) is 3.02. The minimum atomic E-state index is -0.698. The van der Waals surface area contributed by atoms with Crippen LogP contribution in [0.15, 0.2) is 60.8 Å². The second-order valence-corrected chi connectivity index (χ2v) is 9.45. The van der Waals surface area contributed by atoms with Gasteiger partial charge in [0.1, 0.15) is 11.8 Å². The van der Waals surface area contributed by atoms with Crippen LogP contribution in [0.3, 0.4) is 0 Å². The normalized spacial score (nSPS) is 15.4. The van der Waals surface area contributed by atoms with Gasteiger partial charge in [-0.3, -0.25) is 14.5 Å². The fourth-order valence-electron chi connectivity index (χ4n) is 5.07. The fraction of sp³-hybridized carbons (Fsp3) is 0.276. The second-order valence-electron chi connectivity index (χ2n) is 9.45. The molecule has 37 heavy (non-hydrogen) atoms. The Morgan fingerprint density at radius 1 is 1.05 bits per heavy atom. The van der Waals surface area contributed by atoms with Crippen molar-refractivity contribution < 1.29 is 19.1 Å². The highest BCUT2D eigenvalue weighted by Gasteiger charge is 2.39. The van der Waals surface area contributed by atoms with Gasteiger partial charge in [0.05, 0.1) is 13.7 Å². The van der Waals surface area contributed by atoms with Crippen LogP contribution in [-0.4, -0.2) is 51.9 Å². The molecule has 5 rings (SSSR count). The summed E-state index contributed by atoms with van der Waals surface area (Å²) >= 11 is 0. The van der Waals surface area contributed by atoms with Gasteiger partial charge in [0.15, 0.2) is 5.78 Å². The third-order valence-electron chi connectivity index (χ3n) is 7.16. The van der Waals surface area contributed by atoms with E-state index in [2.05, 4.69) is 14.9 Å². The van der Waals surface area contributed by atoms with Crippen LogP contribution in [0.1, 0.15) is 32.9 Å². The number of nitrogens with one attached hydrogen (secondary N) is 2. The standard InChI is InChI=1S/C29H30N4O4/c1-18-14-24(19(2)32(18)13-12-20-8-10-22(37-3)11-9-20)27(34)17-33-28(35)26(31-29(33)36)15-21-16-30-25-7-5-4-6-23(21)25/h4-11,14,16,26,30H,12-13,15,17H2,1-3H3,(H,31,36)/t26-/m0/s1. The minimum absolute atomic E-state index is 0.250. The largest absolute Gasteiger partial charge is 0.497 e. The molecule has 0 radical (unpaired) electrons. The van der Waals surface area contributed by atoms with E-state index in [9.17, 15) is 14.4 Å². The summed E-state index contributed by atoms with van der Waals surface area (Å²) in [7, 11) is 1.64. The van der Waals surface area contributed by atoms with Gasteiger partial charge in [-0.1, -0.05) is 30.3 Å². The van der Waals surface area contributed by atoms with Crippen molar-refractivity contribution >= 4 is 28.6 Å². The zero-order valence-electron chi connectivity index (χ0n) is 21.2. The highest BCUT2D eigenvalue weighted by atomic mass is 16.5. The molecule has 0 aliphatic carbocycles. The first-order valence-electron chi connectivity index (χ1n) is 12.4.